The van der Waals surface area contributed by atoms with Gasteiger partial charge in [-0.25, -0.2) is 18.6 Å². The van der Waals surface area contributed by atoms with Gasteiger partial charge in [0, 0.05) is 47.1 Å². The van der Waals surface area contributed by atoms with Gasteiger partial charge in [-0.15, -0.1) is 0 Å². The summed E-state index contributed by atoms with van der Waals surface area (Å²) < 4.78 is 28.9. The quantitative estimate of drug-likeness (QED) is 0.560. The van der Waals surface area contributed by atoms with Gasteiger partial charge in [0.15, 0.2) is 0 Å². The normalized spacial score (nSPS) is 11.5. The van der Waals surface area contributed by atoms with Gasteiger partial charge in [-0.3, -0.25) is 4.98 Å². The van der Waals surface area contributed by atoms with Crippen molar-refractivity contribution in [2.75, 3.05) is 17.6 Å². The Balaban J connectivity index is 1.90. The largest absolute Gasteiger partial charge is 0.384 e. The fraction of sp³-hybridized carbons (Fsp3) is 0.318. The Hall–Kier alpha value is -3.29. The first-order valence-corrected chi connectivity index (χ1v) is 9.60. The molecule has 0 atom stereocenters. The Morgan fingerprint density at radius 2 is 1.83 bits per heavy atom. The molecular formula is C22H25F2N5O. The summed E-state index contributed by atoms with van der Waals surface area (Å²) in [7, 11) is 0. The number of nitrogens with one attached hydrogen (secondary N) is 2. The van der Waals surface area contributed by atoms with Crippen molar-refractivity contribution in [3.8, 4) is 11.1 Å². The number of aromatic nitrogens is 2. The standard InChI is InChI=1S/C22H25F2N5O/c1-12-14(7-13-11-27-20(25)10-18(13)28-12)15-8-19(17(24)9-16(15)23)29-21(30)26-6-5-22(2,3)4/h7-11H,5-6H2,1-4H3,(H2,25,27)(H2,26,29,30). The second-order valence-corrected chi connectivity index (χ2v) is 8.43. The number of hydrogen-bond donors (Lipinski definition) is 3. The number of nitrogens with two attached hydrogens (primary N) is 1. The fourth-order valence-corrected chi connectivity index (χ4v) is 3.02. The van der Waals surface area contributed by atoms with Crippen LogP contribution in [0.25, 0.3) is 22.0 Å². The summed E-state index contributed by atoms with van der Waals surface area (Å²) >= 11 is 0. The number of pyridine rings is 2. The fourth-order valence-electron chi connectivity index (χ4n) is 3.02. The highest BCUT2D eigenvalue weighted by atomic mass is 19.1. The van der Waals surface area contributed by atoms with Crippen LogP contribution in [0.4, 0.5) is 25.1 Å². The topological polar surface area (TPSA) is 92.9 Å². The van der Waals surface area contributed by atoms with Crippen molar-refractivity contribution in [1.29, 1.82) is 0 Å². The number of halogens is 2. The van der Waals surface area contributed by atoms with E-state index in [0.29, 0.717) is 34.5 Å². The zero-order valence-electron chi connectivity index (χ0n) is 17.4. The summed E-state index contributed by atoms with van der Waals surface area (Å²) in [6, 6.07) is 4.82. The molecule has 3 rings (SSSR count). The lowest BCUT2D eigenvalue weighted by Crippen LogP contribution is -2.31. The van der Waals surface area contributed by atoms with Crippen LogP contribution in [-0.4, -0.2) is 22.5 Å². The Labute approximate surface area is 173 Å². The summed E-state index contributed by atoms with van der Waals surface area (Å²) in [5, 5.41) is 5.81. The maximum absolute atomic E-state index is 14.6. The van der Waals surface area contributed by atoms with E-state index in [9.17, 15) is 13.6 Å². The average Bonchev–Trinajstić information content (AvgIpc) is 2.62. The van der Waals surface area contributed by atoms with Gasteiger partial charge in [0.25, 0.3) is 0 Å². The molecule has 30 heavy (non-hydrogen) atoms. The summed E-state index contributed by atoms with van der Waals surface area (Å²) in [5.41, 5.74) is 7.40. The molecule has 2 heterocycles. The second-order valence-electron chi connectivity index (χ2n) is 8.43. The summed E-state index contributed by atoms with van der Waals surface area (Å²) in [6.07, 6.45) is 2.31. The average molecular weight is 413 g/mol. The maximum Gasteiger partial charge on any atom is 0.319 e. The molecule has 8 heteroatoms. The van der Waals surface area contributed by atoms with E-state index in [1.54, 1.807) is 25.3 Å². The van der Waals surface area contributed by atoms with Crippen LogP contribution in [0.3, 0.4) is 0 Å². The van der Waals surface area contributed by atoms with E-state index < -0.39 is 17.7 Å². The molecule has 0 aliphatic heterocycles. The van der Waals surface area contributed by atoms with E-state index in [4.69, 9.17) is 5.73 Å². The molecule has 4 N–H and O–H groups in total. The van der Waals surface area contributed by atoms with Crippen LogP contribution >= 0.6 is 0 Å². The van der Waals surface area contributed by atoms with Crippen molar-refractivity contribution in [2.24, 2.45) is 5.41 Å². The molecule has 0 bridgehead atoms. The van der Waals surface area contributed by atoms with Crippen LogP contribution in [0.15, 0.2) is 30.5 Å². The molecule has 6 nitrogen and oxygen atoms in total. The van der Waals surface area contributed by atoms with Crippen molar-refractivity contribution >= 4 is 28.4 Å². The lowest BCUT2D eigenvalue weighted by Gasteiger charge is -2.18. The van der Waals surface area contributed by atoms with Gasteiger partial charge in [0.1, 0.15) is 17.5 Å². The number of carbonyl (C=O) groups excluding carboxylic acids is 1. The lowest BCUT2D eigenvalue weighted by molar-refractivity contribution is 0.250. The zero-order chi connectivity index (χ0) is 22.1. The molecule has 158 valence electrons. The van der Waals surface area contributed by atoms with Gasteiger partial charge in [-0.1, -0.05) is 20.8 Å². The number of urea groups is 1. The highest BCUT2D eigenvalue weighted by Gasteiger charge is 2.17. The van der Waals surface area contributed by atoms with Gasteiger partial charge in [-0.2, -0.15) is 0 Å². The van der Waals surface area contributed by atoms with Gasteiger partial charge in [-0.05, 0) is 30.9 Å². The van der Waals surface area contributed by atoms with Crippen LogP contribution < -0.4 is 16.4 Å². The molecule has 0 saturated heterocycles. The predicted molar refractivity (Wildman–Crippen MR) is 115 cm³/mol. The van der Waals surface area contributed by atoms with Gasteiger partial charge >= 0.3 is 6.03 Å². The molecule has 0 aliphatic rings. The monoisotopic (exact) mass is 413 g/mol. The van der Waals surface area contributed by atoms with Crippen molar-refractivity contribution < 1.29 is 13.6 Å². The van der Waals surface area contributed by atoms with Crippen molar-refractivity contribution in [3.05, 3.63) is 47.8 Å². The Morgan fingerprint density at radius 3 is 2.53 bits per heavy atom. The second kappa shape index (κ2) is 8.22. The lowest BCUT2D eigenvalue weighted by atomic mass is 9.92. The molecule has 0 fully saturated rings. The minimum atomic E-state index is -0.858. The van der Waals surface area contributed by atoms with E-state index in [1.165, 1.54) is 6.07 Å². The number of hydrogen-bond acceptors (Lipinski definition) is 4. The van der Waals surface area contributed by atoms with Crippen LogP contribution in [0, 0.1) is 24.0 Å². The summed E-state index contributed by atoms with van der Waals surface area (Å²) in [4.78, 5) is 20.6. The minimum Gasteiger partial charge on any atom is -0.384 e. The molecule has 3 aromatic rings. The number of benzene rings is 1. The highest BCUT2D eigenvalue weighted by Crippen LogP contribution is 2.32. The van der Waals surface area contributed by atoms with Crippen LogP contribution in [0.1, 0.15) is 32.9 Å². The van der Waals surface area contributed by atoms with E-state index >= 15 is 0 Å². The van der Waals surface area contributed by atoms with E-state index in [1.807, 2.05) is 0 Å². The summed E-state index contributed by atoms with van der Waals surface area (Å²) in [6.45, 7) is 8.34. The molecule has 0 aliphatic carbocycles. The van der Waals surface area contributed by atoms with Gasteiger partial charge in [0.2, 0.25) is 0 Å². The molecule has 1 aromatic carbocycles. The van der Waals surface area contributed by atoms with Crippen molar-refractivity contribution in [1.82, 2.24) is 15.3 Å². The third-order valence-corrected chi connectivity index (χ3v) is 4.67. The Morgan fingerprint density at radius 1 is 1.10 bits per heavy atom. The van der Waals surface area contributed by atoms with Crippen molar-refractivity contribution in [3.63, 3.8) is 0 Å². The molecule has 2 amide bonds. The number of amides is 2. The number of nitrogens with zero attached hydrogens (tertiary/aromatic N) is 2. The molecule has 0 spiro atoms. The molecule has 0 radical (unpaired) electrons. The minimum absolute atomic E-state index is 0.0572. The number of rotatable bonds is 4. The predicted octanol–water partition coefficient (Wildman–Crippen LogP) is 5.02. The van der Waals surface area contributed by atoms with Crippen molar-refractivity contribution in [2.45, 2.75) is 34.1 Å². The van der Waals surface area contributed by atoms with Gasteiger partial charge < -0.3 is 16.4 Å². The molecule has 0 saturated carbocycles. The first kappa shape index (κ1) is 21.4. The molecule has 2 aromatic heterocycles. The SMILES string of the molecule is Cc1nc2cc(N)ncc2cc1-c1cc(NC(=O)NCCC(C)(C)C)c(F)cc1F. The van der Waals surface area contributed by atoms with Crippen LogP contribution in [0.2, 0.25) is 0 Å². The number of fused-ring (bicyclic) bond motifs is 1. The van der Waals surface area contributed by atoms with Crippen LogP contribution in [0.5, 0.6) is 0 Å². The number of nitrogen functional groups attached to an aromatic ring is 1. The first-order chi connectivity index (χ1) is 14.0. The summed E-state index contributed by atoms with van der Waals surface area (Å²) in [5.74, 6) is -1.28. The smallest absolute Gasteiger partial charge is 0.319 e. The number of carbonyl (C=O) groups is 1. The third kappa shape index (κ3) is 5.00. The maximum atomic E-state index is 14.6. The van der Waals surface area contributed by atoms with Crippen LogP contribution in [-0.2, 0) is 0 Å². The van der Waals surface area contributed by atoms with E-state index in [-0.39, 0.29) is 16.7 Å². The van der Waals surface area contributed by atoms with E-state index in [0.717, 1.165) is 12.5 Å². The van der Waals surface area contributed by atoms with E-state index in [2.05, 4.69) is 41.4 Å². The Bertz CT molecular complexity index is 1110. The zero-order valence-corrected chi connectivity index (χ0v) is 17.4. The Kier molecular flexibility index (Phi) is 5.87. The molecular weight excluding hydrogens is 388 g/mol. The highest BCUT2D eigenvalue weighted by molar-refractivity contribution is 5.91. The third-order valence-electron chi connectivity index (χ3n) is 4.67. The molecule has 0 unspecified atom stereocenters. The first-order valence-electron chi connectivity index (χ1n) is 9.60. The number of anilines is 2. The number of aryl methyl sites for hydroxylation is 1. The van der Waals surface area contributed by atoms with Gasteiger partial charge in [0.05, 0.1) is 11.2 Å².